The number of aryl methyl sites for hydroxylation is 2. The maximum atomic E-state index is 12.3. The van der Waals surface area contributed by atoms with Crippen LogP contribution < -0.4 is 5.32 Å². The third-order valence-electron chi connectivity index (χ3n) is 5.03. The number of piperidine rings is 1. The number of hydrogen-bond donors (Lipinski definition) is 1. The SMILES string of the molecule is Cc1noc(C)c1[C@H](C)C(=O)NCCCCN1CCCC[C@H]1C. The van der Waals surface area contributed by atoms with E-state index in [0.717, 1.165) is 49.0 Å². The lowest BCUT2D eigenvalue weighted by atomic mass is 9.98. The molecule has 5 heteroatoms. The van der Waals surface area contributed by atoms with Crippen molar-refractivity contribution in [2.75, 3.05) is 19.6 Å². The van der Waals surface area contributed by atoms with Crippen LogP contribution in [0.4, 0.5) is 0 Å². The van der Waals surface area contributed by atoms with Crippen molar-refractivity contribution in [1.82, 2.24) is 15.4 Å². The molecule has 130 valence electrons. The molecule has 23 heavy (non-hydrogen) atoms. The lowest BCUT2D eigenvalue weighted by Crippen LogP contribution is -2.38. The molecule has 1 fully saturated rings. The molecule has 0 spiro atoms. The van der Waals surface area contributed by atoms with Crippen LogP contribution in [0.25, 0.3) is 0 Å². The Labute approximate surface area is 139 Å². The first-order chi connectivity index (χ1) is 11.0. The number of nitrogens with one attached hydrogen (secondary N) is 1. The molecule has 0 saturated carbocycles. The molecule has 1 aliphatic heterocycles. The average Bonchev–Trinajstić information content (AvgIpc) is 2.86. The van der Waals surface area contributed by atoms with E-state index in [0.29, 0.717) is 0 Å². The Bertz CT molecular complexity index is 493. The van der Waals surface area contributed by atoms with E-state index in [4.69, 9.17) is 4.52 Å². The van der Waals surface area contributed by atoms with Gasteiger partial charge in [-0.05, 0) is 66.5 Å². The molecule has 2 atom stereocenters. The zero-order valence-electron chi connectivity index (χ0n) is 15.0. The van der Waals surface area contributed by atoms with Gasteiger partial charge in [-0.25, -0.2) is 0 Å². The number of nitrogens with zero attached hydrogens (tertiary/aromatic N) is 2. The number of likely N-dealkylation sites (tertiary alicyclic amines) is 1. The van der Waals surface area contributed by atoms with Crippen molar-refractivity contribution in [3.8, 4) is 0 Å². The highest BCUT2D eigenvalue weighted by molar-refractivity contribution is 5.83. The van der Waals surface area contributed by atoms with Crippen molar-refractivity contribution in [3.05, 3.63) is 17.0 Å². The van der Waals surface area contributed by atoms with Gasteiger partial charge in [0.2, 0.25) is 5.91 Å². The fraction of sp³-hybridized carbons (Fsp3) is 0.778. The third kappa shape index (κ3) is 4.80. The predicted octanol–water partition coefficient (Wildman–Crippen LogP) is 3.17. The number of unbranched alkanes of at least 4 members (excludes halogenated alkanes) is 1. The quantitative estimate of drug-likeness (QED) is 0.784. The molecule has 0 bridgehead atoms. The molecule has 0 aliphatic carbocycles. The van der Waals surface area contributed by atoms with Gasteiger partial charge < -0.3 is 14.7 Å². The van der Waals surface area contributed by atoms with Gasteiger partial charge >= 0.3 is 0 Å². The normalized spacial score (nSPS) is 20.4. The second-order valence-corrected chi connectivity index (χ2v) is 6.84. The molecule has 1 saturated heterocycles. The summed E-state index contributed by atoms with van der Waals surface area (Å²) in [6, 6.07) is 0.720. The molecule has 2 rings (SSSR count). The molecular weight excluding hydrogens is 290 g/mol. The van der Waals surface area contributed by atoms with Crippen LogP contribution in [0, 0.1) is 13.8 Å². The second-order valence-electron chi connectivity index (χ2n) is 6.84. The molecule has 0 aromatic carbocycles. The molecule has 5 nitrogen and oxygen atoms in total. The Morgan fingerprint density at radius 3 is 2.83 bits per heavy atom. The van der Waals surface area contributed by atoms with Gasteiger partial charge in [0.25, 0.3) is 0 Å². The third-order valence-corrected chi connectivity index (χ3v) is 5.03. The van der Waals surface area contributed by atoms with Gasteiger partial charge in [-0.1, -0.05) is 11.6 Å². The van der Waals surface area contributed by atoms with Crippen molar-refractivity contribution in [2.45, 2.75) is 71.8 Å². The van der Waals surface area contributed by atoms with Gasteiger partial charge in [0.05, 0.1) is 11.6 Å². The Kier molecular flexibility index (Phi) is 6.63. The van der Waals surface area contributed by atoms with Gasteiger partial charge in [-0.3, -0.25) is 4.79 Å². The first-order valence-corrected chi connectivity index (χ1v) is 8.95. The molecule has 0 radical (unpaired) electrons. The molecule has 0 unspecified atom stereocenters. The summed E-state index contributed by atoms with van der Waals surface area (Å²) in [5.74, 6) is 0.596. The van der Waals surface area contributed by atoms with Crippen LogP contribution in [-0.4, -0.2) is 41.6 Å². The summed E-state index contributed by atoms with van der Waals surface area (Å²) in [6.07, 6.45) is 6.20. The van der Waals surface area contributed by atoms with Crippen molar-refractivity contribution in [3.63, 3.8) is 0 Å². The van der Waals surface area contributed by atoms with E-state index < -0.39 is 0 Å². The highest BCUT2D eigenvalue weighted by Gasteiger charge is 2.22. The van der Waals surface area contributed by atoms with E-state index >= 15 is 0 Å². The average molecular weight is 321 g/mol. The molecule has 1 aromatic rings. The van der Waals surface area contributed by atoms with Crippen molar-refractivity contribution >= 4 is 5.91 Å². The molecule has 1 N–H and O–H groups in total. The highest BCUT2D eigenvalue weighted by Crippen LogP contribution is 2.23. The zero-order chi connectivity index (χ0) is 16.8. The maximum Gasteiger partial charge on any atom is 0.227 e. The van der Waals surface area contributed by atoms with E-state index in [1.807, 2.05) is 20.8 Å². The number of rotatable bonds is 7. The van der Waals surface area contributed by atoms with Crippen LogP contribution in [0.1, 0.15) is 68.9 Å². The number of aromatic nitrogens is 1. The molecular formula is C18H31N3O2. The number of carbonyl (C=O) groups excluding carboxylic acids is 1. The van der Waals surface area contributed by atoms with E-state index in [9.17, 15) is 4.79 Å². The van der Waals surface area contributed by atoms with Gasteiger partial charge in [0, 0.05) is 18.2 Å². The first-order valence-electron chi connectivity index (χ1n) is 8.95. The van der Waals surface area contributed by atoms with Crippen LogP contribution >= 0.6 is 0 Å². The van der Waals surface area contributed by atoms with E-state index in [-0.39, 0.29) is 11.8 Å². The smallest absolute Gasteiger partial charge is 0.227 e. The Hall–Kier alpha value is -1.36. The summed E-state index contributed by atoms with van der Waals surface area (Å²) in [7, 11) is 0. The van der Waals surface area contributed by atoms with Crippen LogP contribution in [0.3, 0.4) is 0 Å². The van der Waals surface area contributed by atoms with Gasteiger partial charge in [0.1, 0.15) is 5.76 Å². The van der Waals surface area contributed by atoms with Gasteiger partial charge in [0.15, 0.2) is 0 Å². The van der Waals surface area contributed by atoms with E-state index in [2.05, 4.69) is 22.3 Å². The first kappa shape index (κ1) is 18.0. The van der Waals surface area contributed by atoms with Crippen molar-refractivity contribution in [2.24, 2.45) is 0 Å². The summed E-state index contributed by atoms with van der Waals surface area (Å²) < 4.78 is 5.15. The molecule has 1 amide bonds. The Balaban J connectivity index is 1.67. The number of hydrogen-bond acceptors (Lipinski definition) is 4. The van der Waals surface area contributed by atoms with Gasteiger partial charge in [-0.2, -0.15) is 0 Å². The minimum atomic E-state index is -0.205. The van der Waals surface area contributed by atoms with E-state index in [1.54, 1.807) is 0 Å². The minimum Gasteiger partial charge on any atom is -0.361 e. The van der Waals surface area contributed by atoms with Crippen molar-refractivity contribution < 1.29 is 9.32 Å². The Morgan fingerprint density at radius 2 is 2.17 bits per heavy atom. The van der Waals surface area contributed by atoms with Crippen LogP contribution in [-0.2, 0) is 4.79 Å². The lowest BCUT2D eigenvalue weighted by molar-refractivity contribution is -0.122. The molecule has 1 aliphatic rings. The van der Waals surface area contributed by atoms with E-state index in [1.165, 1.54) is 25.8 Å². The molecule has 2 heterocycles. The van der Waals surface area contributed by atoms with Crippen LogP contribution in [0.2, 0.25) is 0 Å². The zero-order valence-corrected chi connectivity index (χ0v) is 15.0. The Morgan fingerprint density at radius 1 is 1.39 bits per heavy atom. The predicted molar refractivity (Wildman–Crippen MR) is 91.5 cm³/mol. The fourth-order valence-corrected chi connectivity index (χ4v) is 3.53. The van der Waals surface area contributed by atoms with Crippen LogP contribution in [0.5, 0.6) is 0 Å². The largest absolute Gasteiger partial charge is 0.361 e. The second kappa shape index (κ2) is 8.48. The number of carbonyl (C=O) groups is 1. The van der Waals surface area contributed by atoms with Crippen molar-refractivity contribution in [1.29, 1.82) is 0 Å². The lowest BCUT2D eigenvalue weighted by Gasteiger charge is -2.33. The highest BCUT2D eigenvalue weighted by atomic mass is 16.5. The summed E-state index contributed by atoms with van der Waals surface area (Å²) in [5.41, 5.74) is 1.73. The summed E-state index contributed by atoms with van der Waals surface area (Å²) in [4.78, 5) is 14.9. The maximum absolute atomic E-state index is 12.3. The topological polar surface area (TPSA) is 58.4 Å². The monoisotopic (exact) mass is 321 g/mol. The summed E-state index contributed by atoms with van der Waals surface area (Å²) >= 11 is 0. The van der Waals surface area contributed by atoms with Crippen LogP contribution in [0.15, 0.2) is 4.52 Å². The fourth-order valence-electron chi connectivity index (χ4n) is 3.53. The molecule has 1 aromatic heterocycles. The summed E-state index contributed by atoms with van der Waals surface area (Å²) in [5, 5.41) is 6.97. The summed E-state index contributed by atoms with van der Waals surface area (Å²) in [6.45, 7) is 11.1. The van der Waals surface area contributed by atoms with Gasteiger partial charge in [-0.15, -0.1) is 0 Å². The number of amides is 1. The minimum absolute atomic E-state index is 0.0609. The standard InChI is InChI=1S/C18H31N3O2/c1-13-9-5-7-11-21(13)12-8-6-10-19-18(22)14(2)17-15(3)20-23-16(17)4/h13-14H,5-12H2,1-4H3,(H,19,22)/t13-,14+/m1/s1.